The van der Waals surface area contributed by atoms with Gasteiger partial charge < -0.3 is 15.1 Å². The average Bonchev–Trinajstić information content (AvgIpc) is 2.75. The highest BCUT2D eigenvalue weighted by Gasteiger charge is 2.06. The van der Waals surface area contributed by atoms with E-state index in [2.05, 4.69) is 33.2 Å². The Labute approximate surface area is 123 Å². The van der Waals surface area contributed by atoms with Gasteiger partial charge >= 0.3 is 0 Å². The molecule has 19 heavy (non-hydrogen) atoms. The summed E-state index contributed by atoms with van der Waals surface area (Å²) in [6, 6.07) is 8.19. The Morgan fingerprint density at radius 2 is 2.16 bits per heavy atom. The maximum absolute atomic E-state index is 13.4. The van der Waals surface area contributed by atoms with Gasteiger partial charge in [-0.25, -0.2) is 4.39 Å². The summed E-state index contributed by atoms with van der Waals surface area (Å²) in [6.07, 6.45) is 0. The number of hydrogen-bond acceptors (Lipinski definition) is 3. The molecule has 0 radical (unpaired) electrons. The fraction of sp³-hybridized carbons (Fsp3) is 0.154. The van der Waals surface area contributed by atoms with Crippen LogP contribution in [0.2, 0.25) is 0 Å². The number of rotatable bonds is 4. The van der Waals surface area contributed by atoms with Crippen molar-refractivity contribution >= 4 is 39.9 Å². The Morgan fingerprint density at radius 1 is 1.37 bits per heavy atom. The van der Waals surface area contributed by atoms with Crippen LogP contribution in [0, 0.1) is 9.58 Å². The lowest BCUT2D eigenvalue weighted by Crippen LogP contribution is -2.08. The molecule has 4 nitrogen and oxygen atoms in total. The predicted octanol–water partition coefficient (Wildman–Crippen LogP) is 3.59. The van der Waals surface area contributed by atoms with Crippen molar-refractivity contribution in [2.45, 2.75) is 13.5 Å². The fourth-order valence-corrected chi connectivity index (χ4v) is 2.02. The van der Waals surface area contributed by atoms with Crippen LogP contribution >= 0.6 is 22.6 Å². The first-order valence-electron chi connectivity index (χ1n) is 5.60. The molecule has 0 aliphatic carbocycles. The number of anilines is 2. The molecule has 2 aromatic rings. The van der Waals surface area contributed by atoms with Gasteiger partial charge in [0, 0.05) is 12.6 Å². The largest absolute Gasteiger partial charge is 0.454 e. The zero-order valence-electron chi connectivity index (χ0n) is 10.2. The van der Waals surface area contributed by atoms with Crippen LogP contribution in [0.15, 0.2) is 34.7 Å². The molecule has 2 N–H and O–H groups in total. The lowest BCUT2D eigenvalue weighted by Gasteiger charge is -2.08. The van der Waals surface area contributed by atoms with E-state index in [9.17, 15) is 9.18 Å². The topological polar surface area (TPSA) is 54.3 Å². The molecule has 0 atom stereocenters. The number of amides is 1. The Morgan fingerprint density at radius 3 is 2.79 bits per heavy atom. The smallest absolute Gasteiger partial charge is 0.221 e. The van der Waals surface area contributed by atoms with E-state index in [0.717, 1.165) is 9.53 Å². The van der Waals surface area contributed by atoms with E-state index in [-0.39, 0.29) is 11.6 Å². The third kappa shape index (κ3) is 3.95. The van der Waals surface area contributed by atoms with Crippen LogP contribution in [-0.2, 0) is 11.3 Å². The van der Waals surface area contributed by atoms with E-state index in [4.69, 9.17) is 4.42 Å². The summed E-state index contributed by atoms with van der Waals surface area (Å²) in [7, 11) is 0. The van der Waals surface area contributed by atoms with E-state index < -0.39 is 5.82 Å². The minimum atomic E-state index is -0.465. The zero-order chi connectivity index (χ0) is 13.8. The molecule has 1 aromatic carbocycles. The third-order valence-electron chi connectivity index (χ3n) is 2.37. The van der Waals surface area contributed by atoms with E-state index in [1.54, 1.807) is 12.1 Å². The third-order valence-corrected chi connectivity index (χ3v) is 2.95. The molecule has 0 saturated carbocycles. The number of hydrogen-bond donors (Lipinski definition) is 2. The molecule has 6 heteroatoms. The van der Waals surface area contributed by atoms with Crippen LogP contribution in [0.5, 0.6) is 0 Å². The first kappa shape index (κ1) is 13.9. The number of carbonyl (C=O) groups excluding carboxylic acids is 1. The monoisotopic (exact) mass is 374 g/mol. The standard InChI is InChI=1S/C13H12FIN2O2/c1-8(18)17-12-6-9(2-4-11(12)14)16-7-10-3-5-13(15)19-10/h2-6,16H,7H2,1H3,(H,17,18). The maximum Gasteiger partial charge on any atom is 0.221 e. The summed E-state index contributed by atoms with van der Waals surface area (Å²) in [5.74, 6) is 0.0136. The second kappa shape index (κ2) is 6.05. The second-order valence-electron chi connectivity index (χ2n) is 3.94. The predicted molar refractivity (Wildman–Crippen MR) is 79.5 cm³/mol. The summed E-state index contributed by atoms with van der Waals surface area (Å²) in [6.45, 7) is 1.83. The van der Waals surface area contributed by atoms with Gasteiger partial charge in [-0.1, -0.05) is 0 Å². The molecule has 1 amide bonds. The second-order valence-corrected chi connectivity index (χ2v) is 5.00. The Kier molecular flexibility index (Phi) is 4.41. The van der Waals surface area contributed by atoms with E-state index in [1.165, 1.54) is 13.0 Å². The Bertz CT molecular complexity index is 598. The maximum atomic E-state index is 13.4. The van der Waals surface area contributed by atoms with Crippen molar-refractivity contribution in [1.82, 2.24) is 0 Å². The minimum absolute atomic E-state index is 0.159. The molecule has 0 saturated heterocycles. The number of halogens is 2. The summed E-state index contributed by atoms with van der Waals surface area (Å²) in [5.41, 5.74) is 0.864. The van der Waals surface area contributed by atoms with Gasteiger partial charge in [0.15, 0.2) is 3.77 Å². The number of furan rings is 1. The molecule has 0 aliphatic heterocycles. The molecule has 1 aromatic heterocycles. The van der Waals surface area contributed by atoms with Gasteiger partial charge in [-0.15, -0.1) is 0 Å². The van der Waals surface area contributed by atoms with Crippen LogP contribution in [0.25, 0.3) is 0 Å². The van der Waals surface area contributed by atoms with Gasteiger partial charge in [0.2, 0.25) is 5.91 Å². The lowest BCUT2D eigenvalue weighted by atomic mass is 10.2. The number of nitrogens with one attached hydrogen (secondary N) is 2. The summed E-state index contributed by atoms with van der Waals surface area (Å²) >= 11 is 2.09. The number of carbonyl (C=O) groups is 1. The van der Waals surface area contributed by atoms with Crippen molar-refractivity contribution in [3.63, 3.8) is 0 Å². The molecule has 0 fully saturated rings. The van der Waals surface area contributed by atoms with Crippen LogP contribution in [0.4, 0.5) is 15.8 Å². The summed E-state index contributed by atoms with van der Waals surface area (Å²) < 4.78 is 19.7. The normalized spacial score (nSPS) is 10.3. The van der Waals surface area contributed by atoms with Crippen LogP contribution < -0.4 is 10.6 Å². The van der Waals surface area contributed by atoms with Crippen LogP contribution in [0.1, 0.15) is 12.7 Å². The van der Waals surface area contributed by atoms with E-state index in [1.807, 2.05) is 12.1 Å². The molecule has 1 heterocycles. The molecule has 100 valence electrons. The SMILES string of the molecule is CC(=O)Nc1cc(NCc2ccc(I)o2)ccc1F. The van der Waals surface area contributed by atoms with Gasteiger partial charge in [-0.3, -0.25) is 4.79 Å². The highest BCUT2D eigenvalue weighted by molar-refractivity contribution is 14.1. The van der Waals surface area contributed by atoms with Crippen molar-refractivity contribution in [3.8, 4) is 0 Å². The van der Waals surface area contributed by atoms with E-state index >= 15 is 0 Å². The Balaban J connectivity index is 2.06. The van der Waals surface area contributed by atoms with E-state index in [0.29, 0.717) is 12.2 Å². The molecular weight excluding hydrogens is 362 g/mol. The van der Waals surface area contributed by atoms with Gasteiger partial charge in [-0.2, -0.15) is 0 Å². The van der Waals surface area contributed by atoms with Crippen molar-refractivity contribution in [2.24, 2.45) is 0 Å². The summed E-state index contributed by atoms with van der Waals surface area (Å²) in [5, 5.41) is 5.54. The zero-order valence-corrected chi connectivity index (χ0v) is 12.3. The van der Waals surface area contributed by atoms with Gasteiger partial charge in [0.05, 0.1) is 12.2 Å². The highest BCUT2D eigenvalue weighted by Crippen LogP contribution is 2.20. The summed E-state index contributed by atoms with van der Waals surface area (Å²) in [4.78, 5) is 10.9. The van der Waals surface area contributed by atoms with Gasteiger partial charge in [0.25, 0.3) is 0 Å². The molecule has 2 rings (SSSR count). The molecule has 0 aliphatic rings. The molecular formula is C13H12FIN2O2. The van der Waals surface area contributed by atoms with Crippen molar-refractivity contribution in [2.75, 3.05) is 10.6 Å². The van der Waals surface area contributed by atoms with Crippen molar-refractivity contribution in [1.29, 1.82) is 0 Å². The first-order chi connectivity index (χ1) is 9.04. The molecule has 0 unspecified atom stereocenters. The first-order valence-corrected chi connectivity index (χ1v) is 6.67. The van der Waals surface area contributed by atoms with Crippen LogP contribution in [0.3, 0.4) is 0 Å². The van der Waals surface area contributed by atoms with Gasteiger partial charge in [0.1, 0.15) is 11.6 Å². The molecule has 0 spiro atoms. The fourth-order valence-electron chi connectivity index (χ4n) is 1.56. The quantitative estimate of drug-likeness (QED) is 0.805. The van der Waals surface area contributed by atoms with Gasteiger partial charge in [-0.05, 0) is 52.9 Å². The lowest BCUT2D eigenvalue weighted by molar-refractivity contribution is -0.114. The average molecular weight is 374 g/mol. The minimum Gasteiger partial charge on any atom is -0.454 e. The van der Waals surface area contributed by atoms with Crippen molar-refractivity contribution < 1.29 is 13.6 Å². The highest BCUT2D eigenvalue weighted by atomic mass is 127. The molecule has 0 bridgehead atoms. The Hall–Kier alpha value is -1.57. The van der Waals surface area contributed by atoms with Crippen LogP contribution in [-0.4, -0.2) is 5.91 Å². The van der Waals surface area contributed by atoms with Crippen molar-refractivity contribution in [3.05, 3.63) is 45.7 Å². The number of benzene rings is 1.